The highest BCUT2D eigenvalue weighted by Crippen LogP contribution is 2.57. The van der Waals surface area contributed by atoms with Crippen molar-refractivity contribution in [2.24, 2.45) is 0 Å². The summed E-state index contributed by atoms with van der Waals surface area (Å²) in [5, 5.41) is 6.57. The normalized spacial score (nSPS) is 15.9. The summed E-state index contributed by atoms with van der Waals surface area (Å²) in [6.45, 7) is 9.35. The van der Waals surface area contributed by atoms with Crippen molar-refractivity contribution in [2.45, 2.75) is 38.5 Å². The lowest BCUT2D eigenvalue weighted by Gasteiger charge is -2.43. The SMILES string of the molecule is CC1(C)c2ccccc2-c2ccc(N3c4cc5ccccc5cc4C(C)(C)c4c3ccc3cc(C=C5C(=O)c6cc7ccccc7cc6C5=O)ccc43)cc21. The van der Waals surface area contributed by atoms with E-state index in [2.05, 4.69) is 142 Å². The number of carbonyl (C=O) groups is 2. The number of anilines is 3. The maximum Gasteiger partial charge on any atom is 0.197 e. The maximum atomic E-state index is 13.7. The predicted octanol–water partition coefficient (Wildman–Crippen LogP) is 13.0. The molecule has 0 fully saturated rings. The largest absolute Gasteiger partial charge is 0.310 e. The Bertz CT molecular complexity index is 3030. The Morgan fingerprint density at radius 2 is 1.07 bits per heavy atom. The molecule has 0 radical (unpaired) electrons. The van der Waals surface area contributed by atoms with Gasteiger partial charge >= 0.3 is 0 Å². The van der Waals surface area contributed by atoms with Gasteiger partial charge in [0.1, 0.15) is 0 Å². The van der Waals surface area contributed by atoms with Crippen LogP contribution in [0.1, 0.15) is 76.2 Å². The van der Waals surface area contributed by atoms with E-state index in [0.717, 1.165) is 38.5 Å². The number of allylic oxidation sites excluding steroid dienone is 1. The molecule has 11 rings (SSSR count). The minimum atomic E-state index is -0.335. The van der Waals surface area contributed by atoms with Gasteiger partial charge in [0.05, 0.1) is 16.9 Å². The van der Waals surface area contributed by atoms with Gasteiger partial charge in [0.15, 0.2) is 11.6 Å². The van der Waals surface area contributed by atoms with E-state index in [1.54, 1.807) is 6.08 Å². The molecule has 3 nitrogen and oxygen atoms in total. The summed E-state index contributed by atoms with van der Waals surface area (Å²) in [6.07, 6.45) is 1.78. The van der Waals surface area contributed by atoms with E-state index >= 15 is 0 Å². The summed E-state index contributed by atoms with van der Waals surface area (Å²) in [5.41, 5.74) is 12.9. The Kier molecular flexibility index (Phi) is 6.38. The van der Waals surface area contributed by atoms with E-state index in [1.807, 2.05) is 36.4 Å². The van der Waals surface area contributed by atoms with Crippen molar-refractivity contribution in [3.63, 3.8) is 0 Å². The highest BCUT2D eigenvalue weighted by Gasteiger charge is 2.41. The van der Waals surface area contributed by atoms with Crippen molar-refractivity contribution in [1.29, 1.82) is 0 Å². The van der Waals surface area contributed by atoms with E-state index in [-0.39, 0.29) is 28.0 Å². The summed E-state index contributed by atoms with van der Waals surface area (Å²) in [4.78, 5) is 29.8. The predicted molar refractivity (Wildman–Crippen MR) is 226 cm³/mol. The van der Waals surface area contributed by atoms with E-state index in [1.165, 1.54) is 49.8 Å². The summed E-state index contributed by atoms with van der Waals surface area (Å²) in [6, 6.07) is 51.6. The third-order valence-electron chi connectivity index (χ3n) is 12.7. The second-order valence-corrected chi connectivity index (χ2v) is 16.5. The number of hydrogen-bond acceptors (Lipinski definition) is 3. The van der Waals surface area contributed by atoms with E-state index in [9.17, 15) is 9.59 Å². The Labute approximate surface area is 320 Å². The minimum absolute atomic E-state index is 0.128. The average Bonchev–Trinajstić information content (AvgIpc) is 3.56. The lowest BCUT2D eigenvalue weighted by molar-refractivity contribution is 0.0990. The van der Waals surface area contributed by atoms with E-state index < -0.39 is 0 Å². The first kappa shape index (κ1) is 31.9. The molecule has 0 saturated heterocycles. The van der Waals surface area contributed by atoms with Gasteiger partial charge in [-0.2, -0.15) is 0 Å². The zero-order chi connectivity index (χ0) is 37.4. The molecular formula is C52H37NO2. The smallest absolute Gasteiger partial charge is 0.197 e. The first-order valence-electron chi connectivity index (χ1n) is 19.1. The molecule has 1 heterocycles. The van der Waals surface area contributed by atoms with Crippen LogP contribution in [-0.2, 0) is 10.8 Å². The van der Waals surface area contributed by atoms with Gasteiger partial charge in [-0.25, -0.2) is 0 Å². The van der Waals surface area contributed by atoms with Crippen LogP contribution in [0, 0.1) is 0 Å². The van der Waals surface area contributed by atoms with Crippen LogP contribution in [0.4, 0.5) is 17.1 Å². The van der Waals surface area contributed by atoms with Crippen molar-refractivity contribution in [2.75, 3.05) is 4.90 Å². The standard InChI is InChI=1S/C52H37NO2/c1-51(2)43-16-10-9-15-38(43)39-21-19-36(29-44(39)51)53-46-22-18-35-23-30(24-42-49(54)40-25-31-11-5-6-12-32(31)26-41(40)50(42)55)17-20-37(35)48(46)52(3,4)45-27-33-13-7-8-14-34(33)28-47(45)53/h5-29H,1-4H3. The number of nitrogens with zero attached hydrogens (tertiary/aromatic N) is 1. The minimum Gasteiger partial charge on any atom is -0.310 e. The quantitative estimate of drug-likeness (QED) is 0.133. The lowest BCUT2D eigenvalue weighted by Crippen LogP contribution is -2.31. The summed E-state index contributed by atoms with van der Waals surface area (Å²) < 4.78 is 0. The number of carbonyl (C=O) groups excluding carboxylic acids is 2. The van der Waals surface area contributed by atoms with Crippen LogP contribution < -0.4 is 4.90 Å². The van der Waals surface area contributed by atoms with Gasteiger partial charge in [-0.3, -0.25) is 9.59 Å². The molecule has 0 N–H and O–H groups in total. The Balaban J connectivity index is 1.08. The molecule has 0 aromatic heterocycles. The molecule has 0 atom stereocenters. The number of ketones is 2. The fraction of sp³-hybridized carbons (Fsp3) is 0.115. The number of fused-ring (bicyclic) bond motifs is 10. The molecule has 262 valence electrons. The van der Waals surface area contributed by atoms with Gasteiger partial charge < -0.3 is 4.90 Å². The van der Waals surface area contributed by atoms with Gasteiger partial charge in [0.25, 0.3) is 0 Å². The number of rotatable bonds is 2. The monoisotopic (exact) mass is 707 g/mol. The molecule has 3 aliphatic rings. The summed E-state index contributed by atoms with van der Waals surface area (Å²) in [7, 11) is 0. The number of benzene rings is 8. The second-order valence-electron chi connectivity index (χ2n) is 16.5. The third kappa shape index (κ3) is 4.38. The fourth-order valence-electron chi connectivity index (χ4n) is 9.86. The van der Waals surface area contributed by atoms with E-state index in [4.69, 9.17) is 0 Å². The van der Waals surface area contributed by atoms with Crippen LogP contribution in [0.3, 0.4) is 0 Å². The van der Waals surface area contributed by atoms with Crippen LogP contribution in [0.2, 0.25) is 0 Å². The molecule has 3 heteroatoms. The summed E-state index contributed by atoms with van der Waals surface area (Å²) in [5.74, 6) is -0.421. The van der Waals surface area contributed by atoms with E-state index in [0.29, 0.717) is 11.1 Å². The number of Topliss-reactive ketones (excluding diaryl/α,β-unsaturated/α-hetero) is 2. The molecule has 0 saturated carbocycles. The molecule has 0 spiro atoms. The zero-order valence-corrected chi connectivity index (χ0v) is 31.2. The van der Waals surface area contributed by atoms with Crippen LogP contribution in [0.15, 0.2) is 151 Å². The zero-order valence-electron chi connectivity index (χ0n) is 31.2. The first-order chi connectivity index (χ1) is 26.6. The molecule has 55 heavy (non-hydrogen) atoms. The third-order valence-corrected chi connectivity index (χ3v) is 12.7. The Hall–Kier alpha value is -6.58. The van der Waals surface area contributed by atoms with Gasteiger partial charge in [-0.1, -0.05) is 125 Å². The molecule has 0 bridgehead atoms. The van der Waals surface area contributed by atoms with Crippen LogP contribution >= 0.6 is 0 Å². The molecule has 0 unspecified atom stereocenters. The molecule has 0 amide bonds. The topological polar surface area (TPSA) is 37.4 Å². The van der Waals surface area contributed by atoms with Gasteiger partial charge in [0, 0.05) is 27.6 Å². The second kappa shape index (κ2) is 11.0. The van der Waals surface area contributed by atoms with Crippen LogP contribution in [0.25, 0.3) is 49.5 Å². The van der Waals surface area contributed by atoms with Crippen molar-refractivity contribution >= 4 is 67.0 Å². The van der Waals surface area contributed by atoms with Crippen LogP contribution in [0.5, 0.6) is 0 Å². The van der Waals surface area contributed by atoms with Crippen molar-refractivity contribution in [1.82, 2.24) is 0 Å². The van der Waals surface area contributed by atoms with Crippen molar-refractivity contribution in [3.8, 4) is 11.1 Å². The van der Waals surface area contributed by atoms with Crippen molar-refractivity contribution < 1.29 is 9.59 Å². The lowest BCUT2D eigenvalue weighted by atomic mass is 9.71. The Morgan fingerprint density at radius 1 is 0.455 bits per heavy atom. The molecular weight excluding hydrogens is 671 g/mol. The first-order valence-corrected chi connectivity index (χ1v) is 19.1. The molecule has 8 aromatic carbocycles. The van der Waals surface area contributed by atoms with Crippen molar-refractivity contribution in [3.05, 3.63) is 190 Å². The molecule has 8 aromatic rings. The molecule has 2 aliphatic carbocycles. The fourth-order valence-corrected chi connectivity index (χ4v) is 9.86. The van der Waals surface area contributed by atoms with Gasteiger partial charge in [-0.15, -0.1) is 0 Å². The summed E-state index contributed by atoms with van der Waals surface area (Å²) >= 11 is 0. The number of hydrogen-bond donors (Lipinski definition) is 0. The van der Waals surface area contributed by atoms with Gasteiger partial charge in [-0.05, 0) is 126 Å². The molecule has 1 aliphatic heterocycles. The Morgan fingerprint density at radius 3 is 1.78 bits per heavy atom. The highest BCUT2D eigenvalue weighted by molar-refractivity contribution is 6.42. The van der Waals surface area contributed by atoms with Crippen LogP contribution in [-0.4, -0.2) is 11.6 Å². The average molecular weight is 708 g/mol. The highest BCUT2D eigenvalue weighted by atomic mass is 16.2. The maximum absolute atomic E-state index is 13.7. The van der Waals surface area contributed by atoms with Gasteiger partial charge in [0.2, 0.25) is 0 Å².